The standard InChI is InChI=1S/C19H23N5O2S/c1-13-20-16-17(23(13)2)21-19(22-18(16)24-8-10-26-11-9-24)27-12-14-4-6-15(25-3)7-5-14/h4-7H,8-12H2,1-3H3. The average Bonchev–Trinajstić information content (AvgIpc) is 3.01. The first-order valence-corrected chi connectivity index (χ1v) is 9.94. The van der Waals surface area contributed by atoms with Crippen molar-refractivity contribution in [2.75, 3.05) is 38.3 Å². The molecule has 1 saturated heterocycles. The van der Waals surface area contributed by atoms with E-state index in [1.165, 1.54) is 5.56 Å². The number of thioether (sulfide) groups is 1. The number of nitrogens with zero attached hydrogens (tertiary/aromatic N) is 5. The van der Waals surface area contributed by atoms with Gasteiger partial charge in [0.25, 0.3) is 0 Å². The smallest absolute Gasteiger partial charge is 0.191 e. The van der Waals surface area contributed by atoms with Crippen molar-refractivity contribution in [2.45, 2.75) is 17.8 Å². The van der Waals surface area contributed by atoms with Gasteiger partial charge in [0.1, 0.15) is 11.6 Å². The van der Waals surface area contributed by atoms with Crippen LogP contribution in [0.25, 0.3) is 11.2 Å². The molecule has 7 nitrogen and oxygen atoms in total. The van der Waals surface area contributed by atoms with Gasteiger partial charge in [0, 0.05) is 25.9 Å². The number of imidazole rings is 1. The summed E-state index contributed by atoms with van der Waals surface area (Å²) in [6, 6.07) is 8.09. The van der Waals surface area contributed by atoms with E-state index in [0.717, 1.165) is 52.6 Å². The Morgan fingerprint density at radius 3 is 2.56 bits per heavy atom. The zero-order valence-corrected chi connectivity index (χ0v) is 16.6. The van der Waals surface area contributed by atoms with Crippen LogP contribution in [0, 0.1) is 6.92 Å². The van der Waals surface area contributed by atoms with E-state index >= 15 is 0 Å². The summed E-state index contributed by atoms with van der Waals surface area (Å²) < 4.78 is 12.7. The van der Waals surface area contributed by atoms with Crippen LogP contribution in [0.1, 0.15) is 11.4 Å². The van der Waals surface area contributed by atoms with Gasteiger partial charge in [0.2, 0.25) is 0 Å². The van der Waals surface area contributed by atoms with Gasteiger partial charge in [0.15, 0.2) is 22.1 Å². The fourth-order valence-corrected chi connectivity index (χ4v) is 3.86. The van der Waals surface area contributed by atoms with Crippen LogP contribution in [-0.4, -0.2) is 52.9 Å². The van der Waals surface area contributed by atoms with Crippen LogP contribution in [0.3, 0.4) is 0 Å². The first-order chi connectivity index (χ1) is 13.2. The van der Waals surface area contributed by atoms with Crippen LogP contribution in [0.2, 0.25) is 0 Å². The molecule has 1 aromatic carbocycles. The molecule has 0 spiro atoms. The van der Waals surface area contributed by atoms with E-state index in [0.29, 0.717) is 13.2 Å². The molecule has 0 bridgehead atoms. The Morgan fingerprint density at radius 1 is 1.11 bits per heavy atom. The lowest BCUT2D eigenvalue weighted by atomic mass is 10.2. The Morgan fingerprint density at radius 2 is 1.85 bits per heavy atom. The van der Waals surface area contributed by atoms with Crippen molar-refractivity contribution in [3.63, 3.8) is 0 Å². The number of morpholine rings is 1. The lowest BCUT2D eigenvalue weighted by molar-refractivity contribution is 0.122. The van der Waals surface area contributed by atoms with Crippen molar-refractivity contribution in [2.24, 2.45) is 7.05 Å². The monoisotopic (exact) mass is 385 g/mol. The number of fused-ring (bicyclic) bond motifs is 1. The normalized spacial score (nSPS) is 14.7. The van der Waals surface area contributed by atoms with Gasteiger partial charge in [-0.3, -0.25) is 0 Å². The van der Waals surface area contributed by atoms with E-state index < -0.39 is 0 Å². The van der Waals surface area contributed by atoms with Crippen LogP contribution in [0.4, 0.5) is 5.82 Å². The highest BCUT2D eigenvalue weighted by Gasteiger charge is 2.21. The van der Waals surface area contributed by atoms with Crippen molar-refractivity contribution in [1.29, 1.82) is 0 Å². The average molecular weight is 385 g/mol. The maximum absolute atomic E-state index is 5.49. The van der Waals surface area contributed by atoms with Crippen LogP contribution < -0.4 is 9.64 Å². The number of methoxy groups -OCH3 is 1. The van der Waals surface area contributed by atoms with E-state index in [2.05, 4.69) is 17.0 Å². The molecule has 3 heterocycles. The van der Waals surface area contributed by atoms with Gasteiger partial charge in [-0.1, -0.05) is 23.9 Å². The molecule has 27 heavy (non-hydrogen) atoms. The molecular formula is C19H23N5O2S. The number of hydrogen-bond acceptors (Lipinski definition) is 7. The Balaban J connectivity index is 1.64. The third-order valence-corrected chi connectivity index (χ3v) is 5.66. The Kier molecular flexibility index (Phi) is 5.18. The molecule has 4 rings (SSSR count). The molecule has 0 atom stereocenters. The van der Waals surface area contributed by atoms with E-state index in [1.807, 2.05) is 30.7 Å². The maximum atomic E-state index is 5.49. The Labute approximate surface area is 162 Å². The summed E-state index contributed by atoms with van der Waals surface area (Å²) >= 11 is 1.64. The number of hydrogen-bond donors (Lipinski definition) is 0. The topological polar surface area (TPSA) is 65.3 Å². The van der Waals surface area contributed by atoms with Crippen molar-refractivity contribution in [1.82, 2.24) is 19.5 Å². The minimum absolute atomic E-state index is 0.714. The van der Waals surface area contributed by atoms with E-state index in [1.54, 1.807) is 18.9 Å². The lowest BCUT2D eigenvalue weighted by Gasteiger charge is -2.28. The van der Waals surface area contributed by atoms with E-state index in [9.17, 15) is 0 Å². The molecule has 0 saturated carbocycles. The number of ether oxygens (including phenoxy) is 2. The third-order valence-electron chi connectivity index (χ3n) is 4.74. The highest BCUT2D eigenvalue weighted by Crippen LogP contribution is 2.29. The fourth-order valence-electron chi connectivity index (χ4n) is 3.07. The van der Waals surface area contributed by atoms with Crippen LogP contribution >= 0.6 is 11.8 Å². The zero-order valence-electron chi connectivity index (χ0n) is 15.8. The van der Waals surface area contributed by atoms with Gasteiger partial charge < -0.3 is 18.9 Å². The summed E-state index contributed by atoms with van der Waals surface area (Å²) in [6.45, 7) is 5.07. The summed E-state index contributed by atoms with van der Waals surface area (Å²) in [5.41, 5.74) is 2.95. The maximum Gasteiger partial charge on any atom is 0.191 e. The van der Waals surface area contributed by atoms with Gasteiger partial charge >= 0.3 is 0 Å². The molecular weight excluding hydrogens is 362 g/mol. The molecule has 0 N–H and O–H groups in total. The third kappa shape index (κ3) is 3.72. The van der Waals surface area contributed by atoms with Gasteiger partial charge in [-0.25, -0.2) is 15.0 Å². The molecule has 0 radical (unpaired) electrons. The molecule has 0 amide bonds. The molecule has 2 aromatic heterocycles. The zero-order chi connectivity index (χ0) is 18.8. The largest absolute Gasteiger partial charge is 0.497 e. The first-order valence-electron chi connectivity index (χ1n) is 8.95. The Hall–Kier alpha value is -2.32. The Bertz CT molecular complexity index is 935. The van der Waals surface area contributed by atoms with Crippen LogP contribution in [0.5, 0.6) is 5.75 Å². The lowest BCUT2D eigenvalue weighted by Crippen LogP contribution is -2.37. The highest BCUT2D eigenvalue weighted by atomic mass is 32.2. The molecule has 3 aromatic rings. The number of rotatable bonds is 5. The highest BCUT2D eigenvalue weighted by molar-refractivity contribution is 7.98. The summed E-state index contributed by atoms with van der Waals surface area (Å²) in [6.07, 6.45) is 0. The quantitative estimate of drug-likeness (QED) is 0.494. The molecule has 1 aliphatic rings. The van der Waals surface area contributed by atoms with E-state index in [4.69, 9.17) is 24.4 Å². The molecule has 142 valence electrons. The summed E-state index contributed by atoms with van der Waals surface area (Å²) in [7, 11) is 3.68. The van der Waals surface area contributed by atoms with Crippen molar-refractivity contribution < 1.29 is 9.47 Å². The second-order valence-corrected chi connectivity index (χ2v) is 7.40. The number of anilines is 1. The van der Waals surface area contributed by atoms with Gasteiger partial charge in [-0.15, -0.1) is 0 Å². The predicted molar refractivity (Wildman–Crippen MR) is 107 cm³/mol. The van der Waals surface area contributed by atoms with Gasteiger partial charge in [-0.05, 0) is 24.6 Å². The summed E-state index contributed by atoms with van der Waals surface area (Å²) in [5, 5.41) is 0.766. The van der Waals surface area contributed by atoms with Crippen molar-refractivity contribution in [3.05, 3.63) is 35.7 Å². The van der Waals surface area contributed by atoms with Crippen molar-refractivity contribution >= 4 is 28.7 Å². The van der Waals surface area contributed by atoms with Gasteiger partial charge in [-0.2, -0.15) is 0 Å². The molecule has 1 fully saturated rings. The minimum Gasteiger partial charge on any atom is -0.497 e. The SMILES string of the molecule is COc1ccc(CSc2nc(N3CCOCC3)c3nc(C)n(C)c3n2)cc1. The van der Waals surface area contributed by atoms with Crippen molar-refractivity contribution in [3.8, 4) is 5.75 Å². The second kappa shape index (κ2) is 7.74. The van der Waals surface area contributed by atoms with E-state index in [-0.39, 0.29) is 0 Å². The molecule has 0 unspecified atom stereocenters. The first kappa shape index (κ1) is 18.1. The molecule has 0 aliphatic carbocycles. The van der Waals surface area contributed by atoms with Crippen LogP contribution in [0.15, 0.2) is 29.4 Å². The molecule has 1 aliphatic heterocycles. The second-order valence-electron chi connectivity index (χ2n) is 6.46. The molecule has 8 heteroatoms. The number of aromatic nitrogens is 4. The summed E-state index contributed by atoms with van der Waals surface area (Å²) in [4.78, 5) is 16.6. The summed E-state index contributed by atoms with van der Waals surface area (Å²) in [5.74, 6) is 3.51. The predicted octanol–water partition coefficient (Wildman–Crippen LogP) is 2.81. The fraction of sp³-hybridized carbons (Fsp3) is 0.421. The van der Waals surface area contributed by atoms with Crippen LogP contribution in [-0.2, 0) is 17.5 Å². The number of aryl methyl sites for hydroxylation is 2. The van der Waals surface area contributed by atoms with Gasteiger partial charge in [0.05, 0.1) is 20.3 Å². The minimum atomic E-state index is 0.714. The number of benzene rings is 1.